The van der Waals surface area contributed by atoms with Gasteiger partial charge < -0.3 is 10.2 Å². The number of rotatable bonds is 5. The normalized spacial score (nSPS) is 15.0. The predicted octanol–water partition coefficient (Wildman–Crippen LogP) is 2.52. The number of carbonyl (C=O) groups is 1. The highest BCUT2D eigenvalue weighted by molar-refractivity contribution is 5.79. The van der Waals surface area contributed by atoms with Gasteiger partial charge in [0.25, 0.3) is 5.69 Å². The monoisotopic (exact) mass is 340 g/mol. The number of hydrogen-bond acceptors (Lipinski definition) is 5. The number of benzene rings is 1. The second kappa shape index (κ2) is 7.74. The molecule has 2 aromatic rings. The van der Waals surface area contributed by atoms with E-state index in [2.05, 4.69) is 15.2 Å². The lowest BCUT2D eigenvalue weighted by atomic mass is 9.96. The maximum Gasteiger partial charge on any atom is 0.287 e. The molecule has 1 N–H and O–H groups in total. The van der Waals surface area contributed by atoms with Crippen molar-refractivity contribution in [2.24, 2.45) is 5.92 Å². The van der Waals surface area contributed by atoms with Gasteiger partial charge in [-0.1, -0.05) is 30.3 Å². The van der Waals surface area contributed by atoms with E-state index in [0.29, 0.717) is 25.5 Å². The number of carbonyl (C=O) groups excluding carboxylic acids is 1. The molecule has 25 heavy (non-hydrogen) atoms. The van der Waals surface area contributed by atoms with Gasteiger partial charge in [0, 0.05) is 31.6 Å². The molecule has 0 spiro atoms. The first-order valence-corrected chi connectivity index (χ1v) is 8.30. The third kappa shape index (κ3) is 4.32. The van der Waals surface area contributed by atoms with Crippen molar-refractivity contribution >= 4 is 17.4 Å². The van der Waals surface area contributed by atoms with Crippen molar-refractivity contribution in [2.75, 3.05) is 18.0 Å². The number of pyridine rings is 1. The number of nitro groups is 1. The summed E-state index contributed by atoms with van der Waals surface area (Å²) in [7, 11) is 0. The molecule has 0 bridgehead atoms. The van der Waals surface area contributed by atoms with Gasteiger partial charge in [-0.3, -0.25) is 14.9 Å². The minimum absolute atomic E-state index is 0.00184. The highest BCUT2D eigenvalue weighted by Gasteiger charge is 2.25. The highest BCUT2D eigenvalue weighted by atomic mass is 16.6. The van der Waals surface area contributed by atoms with Crippen molar-refractivity contribution in [1.82, 2.24) is 10.3 Å². The van der Waals surface area contributed by atoms with Gasteiger partial charge in [0.1, 0.15) is 12.0 Å². The Kier molecular flexibility index (Phi) is 5.23. The number of piperidine rings is 1. The summed E-state index contributed by atoms with van der Waals surface area (Å²) >= 11 is 0. The molecule has 7 heteroatoms. The van der Waals surface area contributed by atoms with Crippen molar-refractivity contribution in [3.63, 3.8) is 0 Å². The fourth-order valence-electron chi connectivity index (χ4n) is 2.97. The zero-order chi connectivity index (χ0) is 17.6. The van der Waals surface area contributed by atoms with Gasteiger partial charge in [0.05, 0.1) is 4.92 Å². The van der Waals surface area contributed by atoms with Crippen LogP contribution in [0.4, 0.5) is 11.5 Å². The van der Waals surface area contributed by atoms with Crippen LogP contribution >= 0.6 is 0 Å². The Morgan fingerprint density at radius 1 is 1.20 bits per heavy atom. The van der Waals surface area contributed by atoms with Crippen LogP contribution in [0.15, 0.2) is 48.7 Å². The van der Waals surface area contributed by atoms with Crippen molar-refractivity contribution in [2.45, 2.75) is 19.4 Å². The van der Waals surface area contributed by atoms with E-state index >= 15 is 0 Å². The molecule has 0 atom stereocenters. The van der Waals surface area contributed by atoms with Gasteiger partial charge in [-0.25, -0.2) is 4.98 Å². The summed E-state index contributed by atoms with van der Waals surface area (Å²) < 4.78 is 0. The summed E-state index contributed by atoms with van der Waals surface area (Å²) in [6, 6.07) is 13.0. The maximum absolute atomic E-state index is 12.3. The van der Waals surface area contributed by atoms with Crippen LogP contribution in [0, 0.1) is 16.0 Å². The van der Waals surface area contributed by atoms with Crippen LogP contribution in [0.1, 0.15) is 18.4 Å². The largest absolute Gasteiger partial charge is 0.357 e. The van der Waals surface area contributed by atoms with E-state index in [1.165, 1.54) is 12.3 Å². The maximum atomic E-state index is 12.3. The average molecular weight is 340 g/mol. The molecule has 2 heterocycles. The summed E-state index contributed by atoms with van der Waals surface area (Å²) in [6.45, 7) is 1.98. The molecule has 1 fully saturated rings. The molecule has 1 aliphatic heterocycles. The smallest absolute Gasteiger partial charge is 0.287 e. The van der Waals surface area contributed by atoms with Crippen LogP contribution in [0.3, 0.4) is 0 Å². The zero-order valence-corrected chi connectivity index (χ0v) is 13.8. The van der Waals surface area contributed by atoms with Gasteiger partial charge in [-0.05, 0) is 24.5 Å². The van der Waals surface area contributed by atoms with E-state index in [-0.39, 0.29) is 17.5 Å². The fourth-order valence-corrected chi connectivity index (χ4v) is 2.97. The third-order valence-electron chi connectivity index (χ3n) is 4.44. The molecule has 0 saturated carbocycles. The number of amides is 1. The van der Waals surface area contributed by atoms with E-state index in [1.807, 2.05) is 30.3 Å². The summed E-state index contributed by atoms with van der Waals surface area (Å²) in [4.78, 5) is 28.7. The molecule has 1 aromatic heterocycles. The average Bonchev–Trinajstić information content (AvgIpc) is 2.67. The first kappa shape index (κ1) is 16.9. The predicted molar refractivity (Wildman–Crippen MR) is 94.1 cm³/mol. The van der Waals surface area contributed by atoms with Crippen LogP contribution in [0.2, 0.25) is 0 Å². The van der Waals surface area contributed by atoms with E-state index < -0.39 is 4.92 Å². The Morgan fingerprint density at radius 3 is 2.52 bits per heavy atom. The van der Waals surface area contributed by atoms with Crippen LogP contribution < -0.4 is 10.2 Å². The molecule has 1 aromatic carbocycles. The lowest BCUT2D eigenvalue weighted by Crippen LogP contribution is -2.40. The molecule has 3 rings (SSSR count). The lowest BCUT2D eigenvalue weighted by molar-refractivity contribution is -0.385. The summed E-state index contributed by atoms with van der Waals surface area (Å²) in [5, 5.41) is 13.7. The number of hydrogen-bond donors (Lipinski definition) is 1. The number of anilines is 1. The molecule has 7 nitrogen and oxygen atoms in total. The van der Waals surface area contributed by atoms with Gasteiger partial charge in [0.2, 0.25) is 5.91 Å². The van der Waals surface area contributed by atoms with Crippen molar-refractivity contribution in [1.29, 1.82) is 0 Å². The summed E-state index contributed by atoms with van der Waals surface area (Å²) in [6.07, 6.45) is 2.77. The Hall–Kier alpha value is -2.96. The van der Waals surface area contributed by atoms with Crippen molar-refractivity contribution in [3.8, 4) is 0 Å². The van der Waals surface area contributed by atoms with Gasteiger partial charge in [-0.15, -0.1) is 0 Å². The van der Waals surface area contributed by atoms with Crippen LogP contribution in [0.5, 0.6) is 0 Å². The minimum atomic E-state index is -0.458. The van der Waals surface area contributed by atoms with E-state index in [0.717, 1.165) is 18.4 Å². The van der Waals surface area contributed by atoms with Crippen LogP contribution in [-0.2, 0) is 11.3 Å². The summed E-state index contributed by atoms with van der Waals surface area (Å²) in [5.74, 6) is 0.798. The standard InChI is InChI=1S/C18H20N4O3/c23-18(20-12-14-4-2-1-3-5-14)15-8-10-21(11-9-15)17-7-6-16(13-19-17)22(24)25/h1-7,13,15H,8-12H2,(H,20,23). The number of nitrogens with one attached hydrogen (secondary N) is 1. The molecule has 1 amide bonds. The SMILES string of the molecule is O=C(NCc1ccccc1)C1CCN(c2ccc([N+](=O)[O-])cn2)CC1. The van der Waals surface area contributed by atoms with E-state index in [9.17, 15) is 14.9 Å². The van der Waals surface area contributed by atoms with Crippen LogP contribution in [-0.4, -0.2) is 28.9 Å². The Labute approximate surface area is 145 Å². The Morgan fingerprint density at radius 2 is 1.92 bits per heavy atom. The molecular formula is C18H20N4O3. The second-order valence-corrected chi connectivity index (χ2v) is 6.10. The van der Waals surface area contributed by atoms with E-state index in [4.69, 9.17) is 0 Å². The van der Waals surface area contributed by atoms with Crippen molar-refractivity contribution < 1.29 is 9.72 Å². The fraction of sp³-hybridized carbons (Fsp3) is 0.333. The zero-order valence-electron chi connectivity index (χ0n) is 13.8. The van der Waals surface area contributed by atoms with Gasteiger partial charge in [0.15, 0.2) is 0 Å². The molecule has 0 radical (unpaired) electrons. The summed E-state index contributed by atoms with van der Waals surface area (Å²) in [5.41, 5.74) is 1.07. The third-order valence-corrected chi connectivity index (χ3v) is 4.44. The number of aromatic nitrogens is 1. The molecular weight excluding hydrogens is 320 g/mol. The minimum Gasteiger partial charge on any atom is -0.357 e. The topological polar surface area (TPSA) is 88.4 Å². The highest BCUT2D eigenvalue weighted by Crippen LogP contribution is 2.23. The van der Waals surface area contributed by atoms with E-state index in [1.54, 1.807) is 6.07 Å². The van der Waals surface area contributed by atoms with Crippen LogP contribution in [0.25, 0.3) is 0 Å². The van der Waals surface area contributed by atoms with Crippen molar-refractivity contribution in [3.05, 3.63) is 64.3 Å². The first-order valence-electron chi connectivity index (χ1n) is 8.30. The molecule has 1 aliphatic rings. The second-order valence-electron chi connectivity index (χ2n) is 6.10. The molecule has 0 unspecified atom stereocenters. The molecule has 0 aliphatic carbocycles. The quantitative estimate of drug-likeness (QED) is 0.667. The Balaban J connectivity index is 1.49. The van der Waals surface area contributed by atoms with Gasteiger partial charge in [-0.2, -0.15) is 0 Å². The molecule has 1 saturated heterocycles. The van der Waals surface area contributed by atoms with Gasteiger partial charge >= 0.3 is 0 Å². The molecule has 130 valence electrons. The Bertz CT molecular complexity index is 726. The number of nitrogens with zero attached hydrogens (tertiary/aromatic N) is 3. The lowest BCUT2D eigenvalue weighted by Gasteiger charge is -2.32. The first-order chi connectivity index (χ1) is 12.1.